The van der Waals surface area contributed by atoms with Gasteiger partial charge in [-0.1, -0.05) is 24.3 Å². The van der Waals surface area contributed by atoms with Crippen LogP contribution in [-0.2, 0) is 5.54 Å². The Morgan fingerprint density at radius 1 is 1.22 bits per heavy atom. The molecule has 2 aromatic rings. The number of nitrogens with two attached hydrogens (primary N) is 1. The minimum atomic E-state index is -0.0881. The molecule has 3 heteroatoms. The zero-order chi connectivity index (χ0) is 12.2. The highest BCUT2D eigenvalue weighted by molar-refractivity contribution is 5.66. The van der Waals surface area contributed by atoms with Crippen molar-refractivity contribution in [1.29, 1.82) is 0 Å². The Hall–Kier alpha value is -1.61. The van der Waals surface area contributed by atoms with Crippen LogP contribution in [0.25, 0.3) is 11.3 Å². The molecule has 2 aliphatic rings. The summed E-state index contributed by atoms with van der Waals surface area (Å²) in [5, 5.41) is 0. The van der Waals surface area contributed by atoms with Gasteiger partial charge < -0.3 is 10.3 Å². The van der Waals surface area contributed by atoms with Gasteiger partial charge in [-0.25, -0.2) is 4.98 Å². The van der Waals surface area contributed by atoms with Crippen molar-refractivity contribution in [2.75, 3.05) is 0 Å². The average Bonchev–Trinajstić information content (AvgIpc) is 3.32. The zero-order valence-corrected chi connectivity index (χ0v) is 10.3. The fourth-order valence-corrected chi connectivity index (χ4v) is 2.70. The zero-order valence-electron chi connectivity index (χ0n) is 10.3. The van der Waals surface area contributed by atoms with Crippen LogP contribution in [0, 0.1) is 0 Å². The van der Waals surface area contributed by atoms with Gasteiger partial charge in [0.05, 0.1) is 18.2 Å². The maximum Gasteiger partial charge on any atom is 0.0953 e. The number of hydrogen-bond acceptors (Lipinski definition) is 2. The van der Waals surface area contributed by atoms with Crippen molar-refractivity contribution < 1.29 is 0 Å². The van der Waals surface area contributed by atoms with Crippen LogP contribution < -0.4 is 5.73 Å². The number of imidazole rings is 1. The third kappa shape index (κ3) is 1.51. The maximum atomic E-state index is 6.39. The molecule has 18 heavy (non-hydrogen) atoms. The summed E-state index contributed by atoms with van der Waals surface area (Å²) in [7, 11) is 0. The van der Waals surface area contributed by atoms with E-state index in [-0.39, 0.29) is 5.54 Å². The third-order valence-corrected chi connectivity index (χ3v) is 4.13. The minimum Gasteiger partial charge on any atom is -0.327 e. The first-order valence-corrected chi connectivity index (χ1v) is 6.68. The van der Waals surface area contributed by atoms with E-state index in [2.05, 4.69) is 33.8 Å². The predicted octanol–water partition coefficient (Wildman–Crippen LogP) is 2.83. The molecule has 92 valence electrons. The molecule has 1 heterocycles. The molecule has 0 saturated heterocycles. The van der Waals surface area contributed by atoms with Gasteiger partial charge in [0.25, 0.3) is 0 Å². The van der Waals surface area contributed by atoms with E-state index in [1.54, 1.807) is 0 Å². The summed E-state index contributed by atoms with van der Waals surface area (Å²) in [5.74, 6) is 0. The molecule has 1 aromatic carbocycles. The average molecular weight is 239 g/mol. The molecule has 2 N–H and O–H groups in total. The van der Waals surface area contributed by atoms with Crippen molar-refractivity contribution in [3.8, 4) is 11.3 Å². The summed E-state index contributed by atoms with van der Waals surface area (Å²) in [6, 6.07) is 9.19. The lowest BCUT2D eigenvalue weighted by Crippen LogP contribution is -2.20. The lowest BCUT2D eigenvalue weighted by atomic mass is 9.97. The highest BCUT2D eigenvalue weighted by atomic mass is 15.1. The second kappa shape index (κ2) is 3.45. The molecule has 1 aromatic heterocycles. The van der Waals surface area contributed by atoms with Crippen LogP contribution in [0.5, 0.6) is 0 Å². The Morgan fingerprint density at radius 3 is 2.72 bits per heavy atom. The number of aromatic nitrogens is 2. The van der Waals surface area contributed by atoms with E-state index in [1.807, 2.05) is 12.5 Å². The number of rotatable bonds is 3. The molecule has 2 aliphatic carbocycles. The van der Waals surface area contributed by atoms with Gasteiger partial charge in [0, 0.05) is 17.1 Å². The van der Waals surface area contributed by atoms with Crippen molar-refractivity contribution >= 4 is 0 Å². The van der Waals surface area contributed by atoms with Gasteiger partial charge in [-0.15, -0.1) is 0 Å². The van der Waals surface area contributed by atoms with Crippen LogP contribution in [0.1, 0.15) is 37.3 Å². The number of nitrogens with zero attached hydrogens (tertiary/aromatic N) is 2. The lowest BCUT2D eigenvalue weighted by Gasteiger charge is -2.16. The van der Waals surface area contributed by atoms with Crippen LogP contribution in [0.4, 0.5) is 0 Å². The number of hydrogen-bond donors (Lipinski definition) is 1. The van der Waals surface area contributed by atoms with Crippen LogP contribution >= 0.6 is 0 Å². The lowest BCUT2D eigenvalue weighted by molar-refractivity contribution is 0.727. The first kappa shape index (κ1) is 10.3. The van der Waals surface area contributed by atoms with Gasteiger partial charge in [0.15, 0.2) is 0 Å². The maximum absolute atomic E-state index is 6.39. The van der Waals surface area contributed by atoms with E-state index in [9.17, 15) is 0 Å². The SMILES string of the molecule is NC1(c2ccccc2-c2cncn2C2CC2)CC1. The van der Waals surface area contributed by atoms with Crippen LogP contribution in [0.15, 0.2) is 36.8 Å². The van der Waals surface area contributed by atoms with E-state index >= 15 is 0 Å². The number of benzene rings is 1. The van der Waals surface area contributed by atoms with Gasteiger partial charge in [-0.3, -0.25) is 0 Å². The van der Waals surface area contributed by atoms with Crippen LogP contribution in [0.3, 0.4) is 0 Å². The van der Waals surface area contributed by atoms with E-state index in [0.717, 1.165) is 12.8 Å². The predicted molar refractivity (Wildman–Crippen MR) is 71.0 cm³/mol. The molecule has 0 unspecified atom stereocenters. The van der Waals surface area contributed by atoms with E-state index in [4.69, 9.17) is 5.73 Å². The van der Waals surface area contributed by atoms with Crippen molar-refractivity contribution in [3.05, 3.63) is 42.4 Å². The minimum absolute atomic E-state index is 0.0881. The van der Waals surface area contributed by atoms with Gasteiger partial charge in [-0.2, -0.15) is 0 Å². The Bertz CT molecular complexity index is 591. The summed E-state index contributed by atoms with van der Waals surface area (Å²) < 4.78 is 2.31. The molecule has 0 atom stereocenters. The Labute approximate surface area is 107 Å². The van der Waals surface area contributed by atoms with Crippen molar-refractivity contribution in [2.45, 2.75) is 37.3 Å². The van der Waals surface area contributed by atoms with E-state index < -0.39 is 0 Å². The van der Waals surface area contributed by atoms with Gasteiger partial charge >= 0.3 is 0 Å². The molecule has 2 fully saturated rings. The highest BCUT2D eigenvalue weighted by Crippen LogP contribution is 2.47. The standard InChI is InChI=1S/C15H17N3/c16-15(7-8-15)13-4-2-1-3-12(13)14-9-17-10-18(14)11-5-6-11/h1-4,9-11H,5-8,16H2. The molecule has 0 aliphatic heterocycles. The molecule has 0 spiro atoms. The first-order valence-electron chi connectivity index (χ1n) is 6.68. The summed E-state index contributed by atoms with van der Waals surface area (Å²) in [5.41, 5.74) is 10.1. The Balaban J connectivity index is 1.86. The van der Waals surface area contributed by atoms with Crippen LogP contribution in [-0.4, -0.2) is 9.55 Å². The van der Waals surface area contributed by atoms with Crippen molar-refractivity contribution in [2.24, 2.45) is 5.73 Å². The Morgan fingerprint density at radius 2 is 2.00 bits per heavy atom. The largest absolute Gasteiger partial charge is 0.327 e. The third-order valence-electron chi connectivity index (χ3n) is 4.13. The molecule has 0 radical (unpaired) electrons. The van der Waals surface area contributed by atoms with Crippen molar-refractivity contribution in [1.82, 2.24) is 9.55 Å². The van der Waals surface area contributed by atoms with Crippen LogP contribution in [0.2, 0.25) is 0 Å². The summed E-state index contributed by atoms with van der Waals surface area (Å²) in [6.45, 7) is 0. The molecule has 3 nitrogen and oxygen atoms in total. The topological polar surface area (TPSA) is 43.8 Å². The molecule has 2 saturated carbocycles. The van der Waals surface area contributed by atoms with E-state index in [0.29, 0.717) is 6.04 Å². The second-order valence-electron chi connectivity index (χ2n) is 5.62. The normalized spacial score (nSPS) is 20.9. The highest BCUT2D eigenvalue weighted by Gasteiger charge is 2.42. The summed E-state index contributed by atoms with van der Waals surface area (Å²) in [6.07, 6.45) is 8.69. The van der Waals surface area contributed by atoms with E-state index in [1.165, 1.54) is 29.7 Å². The molecular formula is C15H17N3. The monoisotopic (exact) mass is 239 g/mol. The van der Waals surface area contributed by atoms with Gasteiger partial charge in [-0.05, 0) is 31.2 Å². The first-order chi connectivity index (χ1) is 8.78. The second-order valence-corrected chi connectivity index (χ2v) is 5.62. The molecule has 4 rings (SSSR count). The summed E-state index contributed by atoms with van der Waals surface area (Å²) >= 11 is 0. The summed E-state index contributed by atoms with van der Waals surface area (Å²) in [4.78, 5) is 4.33. The molecule has 0 amide bonds. The Kier molecular flexibility index (Phi) is 1.98. The quantitative estimate of drug-likeness (QED) is 0.895. The fourth-order valence-electron chi connectivity index (χ4n) is 2.70. The molecular weight excluding hydrogens is 222 g/mol. The smallest absolute Gasteiger partial charge is 0.0953 e. The molecule has 0 bridgehead atoms. The van der Waals surface area contributed by atoms with Gasteiger partial charge in [0.1, 0.15) is 0 Å². The van der Waals surface area contributed by atoms with Crippen molar-refractivity contribution in [3.63, 3.8) is 0 Å². The fraction of sp³-hybridized carbons (Fsp3) is 0.400. The van der Waals surface area contributed by atoms with Gasteiger partial charge in [0.2, 0.25) is 0 Å².